The molecular formula is C12H8Cl2O3S. The Bertz CT molecular complexity index is 580. The summed E-state index contributed by atoms with van der Waals surface area (Å²) in [4.78, 5) is 10.6. The van der Waals surface area contributed by atoms with Crippen LogP contribution in [-0.2, 0) is 5.75 Å². The maximum atomic E-state index is 10.6. The van der Waals surface area contributed by atoms with Gasteiger partial charge in [-0.2, -0.15) is 0 Å². The Balaban J connectivity index is 2.02. The molecule has 18 heavy (non-hydrogen) atoms. The molecule has 2 rings (SSSR count). The maximum Gasteiger partial charge on any atom is 0.371 e. The number of hydrogen-bond donors (Lipinski definition) is 1. The minimum absolute atomic E-state index is 0.0633. The fourth-order valence-corrected chi connectivity index (χ4v) is 2.42. The van der Waals surface area contributed by atoms with Crippen molar-refractivity contribution in [3.8, 4) is 0 Å². The first-order valence-corrected chi connectivity index (χ1v) is 6.70. The van der Waals surface area contributed by atoms with Gasteiger partial charge in [-0.3, -0.25) is 0 Å². The summed E-state index contributed by atoms with van der Waals surface area (Å²) < 4.78 is 5.13. The summed E-state index contributed by atoms with van der Waals surface area (Å²) in [6.07, 6.45) is 0. The highest BCUT2D eigenvalue weighted by Crippen LogP contribution is 2.28. The highest BCUT2D eigenvalue weighted by atomic mass is 35.5. The molecule has 3 nitrogen and oxygen atoms in total. The van der Waals surface area contributed by atoms with Gasteiger partial charge in [-0.1, -0.05) is 41.0 Å². The average molecular weight is 303 g/mol. The molecule has 0 spiro atoms. The van der Waals surface area contributed by atoms with Crippen LogP contribution in [0.25, 0.3) is 0 Å². The van der Waals surface area contributed by atoms with Gasteiger partial charge in [0.05, 0.1) is 10.0 Å². The SMILES string of the molecule is O=C(O)c1ccc(SCc2ccc(Cl)c(Cl)c2)o1. The van der Waals surface area contributed by atoms with E-state index in [1.807, 2.05) is 6.07 Å². The van der Waals surface area contributed by atoms with Crippen molar-refractivity contribution in [3.05, 3.63) is 51.7 Å². The van der Waals surface area contributed by atoms with Crippen molar-refractivity contribution in [2.24, 2.45) is 0 Å². The quantitative estimate of drug-likeness (QED) is 0.840. The standard InChI is InChI=1S/C12H8Cl2O3S/c13-8-2-1-7(5-9(8)14)6-18-11-4-3-10(17-11)12(15)16/h1-5H,6H2,(H,15,16). The van der Waals surface area contributed by atoms with Crippen molar-refractivity contribution in [2.75, 3.05) is 0 Å². The number of aromatic carboxylic acids is 1. The van der Waals surface area contributed by atoms with Gasteiger partial charge in [-0.25, -0.2) is 4.79 Å². The molecule has 94 valence electrons. The molecule has 2 aromatic rings. The second-order valence-electron chi connectivity index (χ2n) is 3.46. The lowest BCUT2D eigenvalue weighted by Gasteiger charge is -2.01. The van der Waals surface area contributed by atoms with E-state index in [1.54, 1.807) is 18.2 Å². The number of rotatable bonds is 4. The van der Waals surface area contributed by atoms with E-state index < -0.39 is 5.97 Å². The van der Waals surface area contributed by atoms with Crippen LogP contribution in [0.4, 0.5) is 0 Å². The van der Waals surface area contributed by atoms with E-state index in [-0.39, 0.29) is 5.76 Å². The summed E-state index contributed by atoms with van der Waals surface area (Å²) in [5.74, 6) is -0.508. The van der Waals surface area contributed by atoms with E-state index in [9.17, 15) is 4.79 Å². The molecule has 0 fully saturated rings. The molecule has 0 amide bonds. The molecular weight excluding hydrogens is 295 g/mol. The zero-order valence-electron chi connectivity index (χ0n) is 9.02. The third kappa shape index (κ3) is 3.22. The number of thioether (sulfide) groups is 1. The smallest absolute Gasteiger partial charge is 0.371 e. The van der Waals surface area contributed by atoms with Crippen LogP contribution in [0.1, 0.15) is 16.1 Å². The second kappa shape index (κ2) is 5.69. The first kappa shape index (κ1) is 13.3. The van der Waals surface area contributed by atoms with E-state index >= 15 is 0 Å². The third-order valence-electron chi connectivity index (χ3n) is 2.16. The van der Waals surface area contributed by atoms with Gasteiger partial charge in [0.2, 0.25) is 5.76 Å². The van der Waals surface area contributed by atoms with E-state index in [0.29, 0.717) is 20.9 Å². The van der Waals surface area contributed by atoms with Gasteiger partial charge in [0, 0.05) is 5.75 Å². The van der Waals surface area contributed by atoms with Crippen LogP contribution in [0, 0.1) is 0 Å². The number of halogens is 2. The molecule has 1 aromatic carbocycles. The average Bonchev–Trinajstić information content (AvgIpc) is 2.79. The molecule has 0 saturated carbocycles. The number of hydrogen-bond acceptors (Lipinski definition) is 3. The zero-order valence-corrected chi connectivity index (χ0v) is 11.4. The predicted molar refractivity (Wildman–Crippen MR) is 71.7 cm³/mol. The Kier molecular flexibility index (Phi) is 4.22. The van der Waals surface area contributed by atoms with Gasteiger partial charge in [0.1, 0.15) is 0 Å². The lowest BCUT2D eigenvalue weighted by Crippen LogP contribution is -1.91. The van der Waals surface area contributed by atoms with Crippen LogP contribution in [0.15, 0.2) is 39.8 Å². The summed E-state index contributed by atoms with van der Waals surface area (Å²) in [5.41, 5.74) is 0.989. The van der Waals surface area contributed by atoms with E-state index in [1.165, 1.54) is 17.8 Å². The first-order chi connectivity index (χ1) is 8.56. The normalized spacial score (nSPS) is 10.6. The summed E-state index contributed by atoms with van der Waals surface area (Å²) in [6, 6.07) is 8.43. The molecule has 1 aromatic heterocycles. The molecule has 1 N–H and O–H groups in total. The van der Waals surface area contributed by atoms with Crippen molar-refractivity contribution in [1.82, 2.24) is 0 Å². The third-order valence-corrected chi connectivity index (χ3v) is 3.88. The van der Waals surface area contributed by atoms with Crippen LogP contribution in [0.2, 0.25) is 10.0 Å². The largest absolute Gasteiger partial charge is 0.475 e. The fraction of sp³-hybridized carbons (Fsp3) is 0.0833. The molecule has 1 heterocycles. The highest BCUT2D eigenvalue weighted by molar-refractivity contribution is 7.98. The summed E-state index contributed by atoms with van der Waals surface area (Å²) in [6.45, 7) is 0. The van der Waals surface area contributed by atoms with Gasteiger partial charge >= 0.3 is 5.97 Å². The Morgan fingerprint density at radius 2 is 2.00 bits per heavy atom. The van der Waals surface area contributed by atoms with Crippen molar-refractivity contribution in [3.63, 3.8) is 0 Å². The Labute approximate surface area is 118 Å². The lowest BCUT2D eigenvalue weighted by molar-refractivity contribution is 0.0656. The lowest BCUT2D eigenvalue weighted by atomic mass is 10.2. The van der Waals surface area contributed by atoms with Crippen molar-refractivity contribution in [2.45, 2.75) is 10.8 Å². The molecule has 6 heteroatoms. The molecule has 0 radical (unpaired) electrons. The van der Waals surface area contributed by atoms with Gasteiger partial charge in [-0.05, 0) is 29.8 Å². The molecule has 0 aliphatic rings. The number of benzene rings is 1. The zero-order chi connectivity index (χ0) is 13.1. The summed E-state index contributed by atoms with van der Waals surface area (Å²) in [7, 11) is 0. The molecule has 0 aliphatic heterocycles. The van der Waals surface area contributed by atoms with Crippen LogP contribution in [0.3, 0.4) is 0 Å². The van der Waals surface area contributed by atoms with Gasteiger partial charge in [0.25, 0.3) is 0 Å². The minimum Gasteiger partial charge on any atom is -0.475 e. The summed E-state index contributed by atoms with van der Waals surface area (Å²) >= 11 is 13.1. The minimum atomic E-state index is -1.07. The van der Waals surface area contributed by atoms with Crippen molar-refractivity contribution in [1.29, 1.82) is 0 Å². The first-order valence-electron chi connectivity index (χ1n) is 4.96. The van der Waals surface area contributed by atoms with Gasteiger partial charge < -0.3 is 9.52 Å². The van der Waals surface area contributed by atoms with E-state index in [4.69, 9.17) is 32.7 Å². The van der Waals surface area contributed by atoms with Gasteiger partial charge in [-0.15, -0.1) is 0 Å². The van der Waals surface area contributed by atoms with E-state index in [0.717, 1.165) is 5.56 Å². The molecule has 0 aliphatic carbocycles. The summed E-state index contributed by atoms with van der Waals surface area (Å²) in [5, 5.41) is 10.3. The monoisotopic (exact) mass is 302 g/mol. The Hall–Kier alpha value is -1.10. The Morgan fingerprint density at radius 3 is 2.61 bits per heavy atom. The van der Waals surface area contributed by atoms with Crippen LogP contribution >= 0.6 is 35.0 Å². The molecule has 0 atom stereocenters. The van der Waals surface area contributed by atoms with Crippen molar-refractivity contribution >= 4 is 40.9 Å². The van der Waals surface area contributed by atoms with Crippen LogP contribution in [-0.4, -0.2) is 11.1 Å². The van der Waals surface area contributed by atoms with Crippen molar-refractivity contribution < 1.29 is 14.3 Å². The fourth-order valence-electron chi connectivity index (χ4n) is 1.30. The second-order valence-corrected chi connectivity index (χ2v) is 5.26. The number of carbonyl (C=O) groups is 1. The van der Waals surface area contributed by atoms with Crippen LogP contribution in [0.5, 0.6) is 0 Å². The number of carboxylic acid groups (broad SMARTS) is 1. The molecule has 0 unspecified atom stereocenters. The predicted octanol–water partition coefficient (Wildman–Crippen LogP) is 4.58. The molecule has 0 saturated heterocycles. The van der Waals surface area contributed by atoms with Crippen LogP contribution < -0.4 is 0 Å². The topological polar surface area (TPSA) is 50.4 Å². The highest BCUT2D eigenvalue weighted by Gasteiger charge is 2.09. The molecule has 0 bridgehead atoms. The maximum absolute atomic E-state index is 10.6. The Morgan fingerprint density at radius 1 is 1.22 bits per heavy atom. The number of carboxylic acids is 1. The number of furan rings is 1. The van der Waals surface area contributed by atoms with E-state index in [2.05, 4.69) is 0 Å². The van der Waals surface area contributed by atoms with Gasteiger partial charge in [0.15, 0.2) is 5.09 Å².